The summed E-state index contributed by atoms with van der Waals surface area (Å²) in [6, 6.07) is 11.5. The van der Waals surface area contributed by atoms with Crippen LogP contribution in [-0.4, -0.2) is 25.0 Å². The molecular formula is C15H11ClN4O2. The Kier molecular flexibility index (Phi) is 2.46. The molecule has 3 atom stereocenters. The van der Waals surface area contributed by atoms with Crippen LogP contribution in [0.4, 0.5) is 0 Å². The van der Waals surface area contributed by atoms with Crippen LogP contribution >= 0.6 is 11.6 Å². The molecule has 1 saturated carbocycles. The van der Waals surface area contributed by atoms with E-state index in [2.05, 4.69) is 17.1 Å². The fraction of sp³-hybridized carbons (Fsp3) is 0.400. The molecule has 1 spiro atoms. The smallest absolute Gasteiger partial charge is 0.293 e. The molecule has 110 valence electrons. The SMILES string of the molecule is N#C[C@]12C(N)=NC3(OCCO3)[C@@]1(C#N)[C@@H]2c1cccc(Cl)c1. The van der Waals surface area contributed by atoms with E-state index in [1.165, 1.54) is 0 Å². The van der Waals surface area contributed by atoms with Crippen molar-refractivity contribution in [1.29, 1.82) is 10.5 Å². The van der Waals surface area contributed by atoms with Gasteiger partial charge in [-0.15, -0.1) is 0 Å². The molecule has 1 aromatic rings. The van der Waals surface area contributed by atoms with Crippen LogP contribution in [0.15, 0.2) is 29.3 Å². The molecule has 2 aliphatic heterocycles. The molecule has 2 heterocycles. The Morgan fingerprint density at radius 1 is 1.27 bits per heavy atom. The first-order chi connectivity index (χ1) is 10.6. The van der Waals surface area contributed by atoms with Crippen molar-refractivity contribution < 1.29 is 9.47 Å². The predicted molar refractivity (Wildman–Crippen MR) is 76.5 cm³/mol. The minimum atomic E-state index is -1.49. The van der Waals surface area contributed by atoms with E-state index in [1.807, 2.05) is 6.07 Å². The Hall–Kier alpha value is -2.12. The third-order valence-electron chi connectivity index (χ3n) is 4.79. The topological polar surface area (TPSA) is 104 Å². The van der Waals surface area contributed by atoms with E-state index in [-0.39, 0.29) is 5.84 Å². The van der Waals surface area contributed by atoms with Gasteiger partial charge in [0.1, 0.15) is 11.3 Å². The summed E-state index contributed by atoms with van der Waals surface area (Å²) in [4.78, 5) is 4.21. The Morgan fingerprint density at radius 2 is 2.00 bits per heavy atom. The van der Waals surface area contributed by atoms with Crippen LogP contribution in [0.5, 0.6) is 0 Å². The van der Waals surface area contributed by atoms with Crippen molar-refractivity contribution in [3.05, 3.63) is 34.9 Å². The van der Waals surface area contributed by atoms with E-state index < -0.39 is 22.7 Å². The van der Waals surface area contributed by atoms with Crippen molar-refractivity contribution >= 4 is 17.4 Å². The molecule has 0 aromatic heterocycles. The highest BCUT2D eigenvalue weighted by molar-refractivity contribution is 6.30. The summed E-state index contributed by atoms with van der Waals surface area (Å²) < 4.78 is 11.3. The number of benzene rings is 1. The van der Waals surface area contributed by atoms with Gasteiger partial charge in [0.15, 0.2) is 5.41 Å². The molecule has 0 bridgehead atoms. The highest BCUT2D eigenvalue weighted by Crippen LogP contribution is 2.82. The molecule has 2 fully saturated rings. The number of halogens is 1. The Bertz CT molecular complexity index is 789. The second-order valence-electron chi connectivity index (χ2n) is 5.60. The molecule has 1 aromatic carbocycles. The number of rotatable bonds is 1. The zero-order valence-electron chi connectivity index (χ0n) is 11.4. The Balaban J connectivity index is 1.94. The summed E-state index contributed by atoms with van der Waals surface area (Å²) in [5.74, 6) is -1.89. The highest BCUT2D eigenvalue weighted by atomic mass is 35.5. The first kappa shape index (κ1) is 13.5. The summed E-state index contributed by atoms with van der Waals surface area (Å²) in [5, 5.41) is 20.2. The predicted octanol–water partition coefficient (Wildman–Crippen LogP) is 1.53. The monoisotopic (exact) mass is 314 g/mol. The van der Waals surface area contributed by atoms with Gasteiger partial charge in [-0.2, -0.15) is 10.5 Å². The number of nitrogens with two attached hydrogens (primary N) is 1. The van der Waals surface area contributed by atoms with Gasteiger partial charge in [-0.05, 0) is 17.7 Å². The number of ether oxygens (including phenoxy) is 2. The largest absolute Gasteiger partial charge is 0.386 e. The second-order valence-corrected chi connectivity index (χ2v) is 6.04. The average molecular weight is 315 g/mol. The van der Waals surface area contributed by atoms with Crippen molar-refractivity contribution in [3.8, 4) is 12.1 Å². The van der Waals surface area contributed by atoms with Crippen molar-refractivity contribution in [2.45, 2.75) is 11.8 Å². The molecule has 22 heavy (non-hydrogen) atoms. The van der Waals surface area contributed by atoms with E-state index in [0.717, 1.165) is 5.56 Å². The maximum absolute atomic E-state index is 9.88. The number of amidine groups is 1. The van der Waals surface area contributed by atoms with Gasteiger partial charge in [-0.3, -0.25) is 0 Å². The Labute approximate surface area is 131 Å². The lowest BCUT2D eigenvalue weighted by molar-refractivity contribution is -0.184. The van der Waals surface area contributed by atoms with Crippen LogP contribution in [-0.2, 0) is 9.47 Å². The molecule has 4 rings (SSSR count). The van der Waals surface area contributed by atoms with Crippen LogP contribution in [0.3, 0.4) is 0 Å². The van der Waals surface area contributed by atoms with Gasteiger partial charge >= 0.3 is 0 Å². The highest BCUT2D eigenvalue weighted by Gasteiger charge is 2.94. The van der Waals surface area contributed by atoms with Gasteiger partial charge in [0.25, 0.3) is 5.91 Å². The lowest BCUT2D eigenvalue weighted by Gasteiger charge is -2.25. The van der Waals surface area contributed by atoms with Crippen LogP contribution < -0.4 is 5.73 Å². The standard InChI is InChI=1S/C15H11ClN4O2/c16-10-3-1-2-9(6-10)11-13(7-17)12(19)20-15(14(11,13)8-18)21-4-5-22-15/h1-3,6,11H,4-5H2,(H2,19,20)/t11-,13+,14+/m1/s1. The number of aliphatic imine (C=N–C) groups is 1. The van der Waals surface area contributed by atoms with Crippen LogP contribution in [0.25, 0.3) is 0 Å². The van der Waals surface area contributed by atoms with Gasteiger partial charge in [0.05, 0.1) is 25.4 Å². The average Bonchev–Trinajstić information content (AvgIpc) is 2.77. The van der Waals surface area contributed by atoms with E-state index >= 15 is 0 Å². The molecule has 1 aliphatic carbocycles. The minimum absolute atomic E-state index is 0.0865. The Morgan fingerprint density at radius 3 is 2.59 bits per heavy atom. The summed E-state index contributed by atoms with van der Waals surface area (Å²) in [6.45, 7) is 0.619. The van der Waals surface area contributed by atoms with Gasteiger partial charge in [-0.1, -0.05) is 23.7 Å². The zero-order chi connectivity index (χ0) is 15.6. The maximum atomic E-state index is 9.88. The molecule has 1 saturated heterocycles. The first-order valence-electron chi connectivity index (χ1n) is 6.80. The summed E-state index contributed by atoms with van der Waals surface area (Å²) in [5.41, 5.74) is 4.27. The zero-order valence-corrected chi connectivity index (χ0v) is 12.2. The van der Waals surface area contributed by atoms with Gasteiger partial charge in [0, 0.05) is 10.9 Å². The molecule has 0 radical (unpaired) electrons. The van der Waals surface area contributed by atoms with Crippen LogP contribution in [0.2, 0.25) is 5.02 Å². The molecule has 0 amide bonds. The quantitative estimate of drug-likeness (QED) is 0.846. The lowest BCUT2D eigenvalue weighted by atomic mass is 9.94. The first-order valence-corrected chi connectivity index (χ1v) is 7.17. The van der Waals surface area contributed by atoms with Crippen LogP contribution in [0, 0.1) is 33.5 Å². The van der Waals surface area contributed by atoms with Gasteiger partial charge in [0.2, 0.25) is 0 Å². The van der Waals surface area contributed by atoms with E-state index in [1.54, 1.807) is 18.2 Å². The number of nitrogens with zero attached hydrogens (tertiary/aromatic N) is 3. The molecule has 3 aliphatic rings. The van der Waals surface area contributed by atoms with E-state index in [9.17, 15) is 10.5 Å². The minimum Gasteiger partial charge on any atom is -0.386 e. The van der Waals surface area contributed by atoms with Crippen LogP contribution in [0.1, 0.15) is 11.5 Å². The fourth-order valence-electron chi connectivity index (χ4n) is 3.90. The molecule has 7 heteroatoms. The van der Waals surface area contributed by atoms with Crippen molar-refractivity contribution in [2.75, 3.05) is 13.2 Å². The van der Waals surface area contributed by atoms with E-state index in [0.29, 0.717) is 18.2 Å². The third-order valence-corrected chi connectivity index (χ3v) is 5.02. The van der Waals surface area contributed by atoms with Gasteiger partial charge < -0.3 is 15.2 Å². The molecular weight excluding hydrogens is 304 g/mol. The molecule has 0 unspecified atom stereocenters. The normalized spacial score (nSPS) is 37.2. The summed E-state index contributed by atoms with van der Waals surface area (Å²) in [6.07, 6.45) is 0. The van der Waals surface area contributed by atoms with Crippen molar-refractivity contribution in [2.24, 2.45) is 21.6 Å². The number of nitriles is 2. The number of hydrogen-bond acceptors (Lipinski definition) is 6. The maximum Gasteiger partial charge on any atom is 0.293 e. The fourth-order valence-corrected chi connectivity index (χ4v) is 4.10. The number of fused-ring (bicyclic) bond motifs is 2. The van der Waals surface area contributed by atoms with Crippen molar-refractivity contribution in [1.82, 2.24) is 0 Å². The van der Waals surface area contributed by atoms with E-state index in [4.69, 9.17) is 26.8 Å². The third kappa shape index (κ3) is 1.17. The summed E-state index contributed by atoms with van der Waals surface area (Å²) >= 11 is 6.05. The second kappa shape index (κ2) is 3.99. The van der Waals surface area contributed by atoms with Crippen molar-refractivity contribution in [3.63, 3.8) is 0 Å². The molecule has 2 N–H and O–H groups in total. The lowest BCUT2D eigenvalue weighted by Crippen LogP contribution is -2.38. The van der Waals surface area contributed by atoms with Gasteiger partial charge in [-0.25, -0.2) is 4.99 Å². The molecule has 6 nitrogen and oxygen atoms in total. The number of hydrogen-bond donors (Lipinski definition) is 1. The summed E-state index contributed by atoms with van der Waals surface area (Å²) in [7, 11) is 0.